The molecule has 0 atom stereocenters. The summed E-state index contributed by atoms with van der Waals surface area (Å²) in [5, 5.41) is 4.07. The molecule has 0 aromatic heterocycles. The minimum Gasteiger partial charge on any atom is -0.460 e. The number of carbonyl (C=O) groups excluding carboxylic acids is 2. The van der Waals surface area contributed by atoms with Crippen molar-refractivity contribution in [2.24, 2.45) is 0 Å². The lowest BCUT2D eigenvalue weighted by Crippen LogP contribution is -2.61. The van der Waals surface area contributed by atoms with Crippen LogP contribution in [0.5, 0.6) is 0 Å². The van der Waals surface area contributed by atoms with E-state index in [1.807, 2.05) is 48.5 Å². The number of carbonyl (C=O) groups is 2. The Morgan fingerprint density at radius 3 is 2.05 bits per heavy atom. The molecule has 0 spiro atoms. The van der Waals surface area contributed by atoms with Crippen LogP contribution in [0.25, 0.3) is 0 Å². The van der Waals surface area contributed by atoms with Crippen LogP contribution in [0.2, 0.25) is 10.0 Å². The Morgan fingerprint density at radius 1 is 0.977 bits per heavy atom. The number of sulfonamides is 1. The molecule has 0 bridgehead atoms. The minimum atomic E-state index is -3.67. The number of anilines is 1. The minimum absolute atomic E-state index is 0.120. The maximum absolute atomic E-state index is 13.0. The molecule has 1 amide bonds. The van der Waals surface area contributed by atoms with Crippen molar-refractivity contribution in [3.05, 3.63) is 99.5 Å². The lowest BCUT2D eigenvalue weighted by Gasteiger charge is -2.48. The van der Waals surface area contributed by atoms with Crippen LogP contribution >= 0.6 is 23.2 Å². The van der Waals surface area contributed by atoms with Crippen molar-refractivity contribution in [3.63, 3.8) is 0 Å². The first-order valence-corrected chi connectivity index (χ1v) is 16.7. The third-order valence-corrected chi connectivity index (χ3v) is 8.67. The summed E-state index contributed by atoms with van der Waals surface area (Å²) in [4.78, 5) is 27.0. The molecule has 0 unspecified atom stereocenters. The first kappa shape index (κ1) is 32.8. The van der Waals surface area contributed by atoms with Crippen LogP contribution in [0.3, 0.4) is 0 Å². The largest absolute Gasteiger partial charge is 0.460 e. The van der Waals surface area contributed by atoms with Crippen molar-refractivity contribution in [3.8, 4) is 0 Å². The standard InChI is InChI=1S/C32H37Cl2N3O5S/c1-32(2,3)42-29(38)9-6-18-35-31(39)24-7-5-8-27(19-24)37(43(4,40)41)28-20-36(21-28)30(22-10-14-25(33)15-11-22)23-12-16-26(34)17-13-23/h5,7-8,10-17,19,28,30H,6,9,18,20-21H2,1-4H3,(H,35,39). The number of esters is 1. The van der Waals surface area contributed by atoms with Gasteiger partial charge in [-0.05, 0) is 80.8 Å². The van der Waals surface area contributed by atoms with Crippen LogP contribution < -0.4 is 9.62 Å². The van der Waals surface area contributed by atoms with Gasteiger partial charge in [0.1, 0.15) is 5.60 Å². The molecular weight excluding hydrogens is 609 g/mol. The molecule has 1 aliphatic heterocycles. The van der Waals surface area contributed by atoms with Gasteiger partial charge < -0.3 is 10.1 Å². The zero-order valence-electron chi connectivity index (χ0n) is 24.7. The summed E-state index contributed by atoms with van der Waals surface area (Å²) in [5.74, 6) is -0.670. The van der Waals surface area contributed by atoms with Crippen LogP contribution in [0.4, 0.5) is 5.69 Å². The van der Waals surface area contributed by atoms with Gasteiger partial charge in [-0.25, -0.2) is 8.42 Å². The predicted molar refractivity (Wildman–Crippen MR) is 171 cm³/mol. The third kappa shape index (κ3) is 8.95. The van der Waals surface area contributed by atoms with E-state index < -0.39 is 15.6 Å². The normalized spacial score (nSPS) is 14.3. The van der Waals surface area contributed by atoms with Crippen molar-refractivity contribution < 1.29 is 22.7 Å². The number of benzene rings is 3. The van der Waals surface area contributed by atoms with E-state index in [4.69, 9.17) is 27.9 Å². The number of halogens is 2. The van der Waals surface area contributed by atoms with Gasteiger partial charge in [-0.15, -0.1) is 0 Å². The lowest BCUT2D eigenvalue weighted by atomic mass is 9.93. The molecule has 1 saturated heterocycles. The summed E-state index contributed by atoms with van der Waals surface area (Å²) < 4.78 is 32.8. The highest BCUT2D eigenvalue weighted by Gasteiger charge is 2.40. The van der Waals surface area contributed by atoms with E-state index in [2.05, 4.69) is 10.2 Å². The first-order valence-electron chi connectivity index (χ1n) is 14.1. The number of rotatable bonds is 11. The zero-order valence-corrected chi connectivity index (χ0v) is 27.0. The Bertz CT molecular complexity index is 1490. The van der Waals surface area contributed by atoms with Gasteiger partial charge in [-0.3, -0.25) is 18.8 Å². The molecule has 1 fully saturated rings. The van der Waals surface area contributed by atoms with Gasteiger partial charge in [0.25, 0.3) is 5.91 Å². The highest BCUT2D eigenvalue weighted by Crippen LogP contribution is 2.36. The van der Waals surface area contributed by atoms with Crippen LogP contribution in [0.1, 0.15) is 61.1 Å². The molecule has 3 aromatic carbocycles. The van der Waals surface area contributed by atoms with Gasteiger partial charge in [0.15, 0.2) is 0 Å². The maximum atomic E-state index is 13.0. The lowest BCUT2D eigenvalue weighted by molar-refractivity contribution is -0.154. The topological polar surface area (TPSA) is 96.0 Å². The van der Waals surface area contributed by atoms with Gasteiger partial charge in [-0.1, -0.05) is 53.5 Å². The maximum Gasteiger partial charge on any atom is 0.306 e. The van der Waals surface area contributed by atoms with Gasteiger partial charge in [0.2, 0.25) is 10.0 Å². The molecule has 3 aromatic rings. The van der Waals surface area contributed by atoms with Crippen molar-refractivity contribution in [2.75, 3.05) is 30.2 Å². The molecule has 230 valence electrons. The number of ether oxygens (including phenoxy) is 1. The molecule has 8 nitrogen and oxygen atoms in total. The smallest absolute Gasteiger partial charge is 0.306 e. The van der Waals surface area contributed by atoms with Crippen LogP contribution in [-0.2, 0) is 19.6 Å². The summed E-state index contributed by atoms with van der Waals surface area (Å²) in [7, 11) is -3.67. The van der Waals surface area contributed by atoms with Gasteiger partial charge in [-0.2, -0.15) is 0 Å². The van der Waals surface area contributed by atoms with E-state index >= 15 is 0 Å². The molecule has 0 saturated carbocycles. The number of amides is 1. The monoisotopic (exact) mass is 645 g/mol. The van der Waals surface area contributed by atoms with Crippen molar-refractivity contribution in [1.82, 2.24) is 10.2 Å². The molecule has 43 heavy (non-hydrogen) atoms. The molecule has 1 heterocycles. The second-order valence-electron chi connectivity index (χ2n) is 11.7. The Morgan fingerprint density at radius 2 is 1.53 bits per heavy atom. The fourth-order valence-electron chi connectivity index (χ4n) is 5.14. The van der Waals surface area contributed by atoms with Crippen molar-refractivity contribution in [2.45, 2.75) is 51.3 Å². The Kier molecular flexibility index (Phi) is 10.4. The number of likely N-dealkylation sites (tertiary alicyclic amines) is 1. The summed E-state index contributed by atoms with van der Waals surface area (Å²) in [6.07, 6.45) is 1.79. The van der Waals surface area contributed by atoms with Gasteiger partial charge in [0.05, 0.1) is 24.0 Å². The van der Waals surface area contributed by atoms with E-state index in [-0.39, 0.29) is 36.9 Å². The quantitative estimate of drug-likeness (QED) is 0.200. The first-order chi connectivity index (χ1) is 20.2. The molecule has 1 N–H and O–H groups in total. The molecule has 1 aliphatic rings. The predicted octanol–water partition coefficient (Wildman–Crippen LogP) is 6.08. The van der Waals surface area contributed by atoms with E-state index in [0.717, 1.165) is 11.1 Å². The molecule has 0 aliphatic carbocycles. The van der Waals surface area contributed by atoms with E-state index in [1.54, 1.807) is 45.0 Å². The van der Waals surface area contributed by atoms with Crippen LogP contribution in [0.15, 0.2) is 72.8 Å². The van der Waals surface area contributed by atoms with E-state index in [9.17, 15) is 18.0 Å². The van der Waals surface area contributed by atoms with E-state index in [0.29, 0.717) is 40.8 Å². The zero-order chi connectivity index (χ0) is 31.4. The molecule has 11 heteroatoms. The highest BCUT2D eigenvalue weighted by atomic mass is 35.5. The Balaban J connectivity index is 1.46. The number of hydrogen-bond donors (Lipinski definition) is 1. The average molecular weight is 647 g/mol. The number of hydrogen-bond acceptors (Lipinski definition) is 6. The van der Waals surface area contributed by atoms with Crippen LogP contribution in [0, 0.1) is 0 Å². The fraction of sp³-hybridized carbons (Fsp3) is 0.375. The Labute approximate surface area is 264 Å². The summed E-state index contributed by atoms with van der Waals surface area (Å²) in [6.45, 7) is 6.65. The number of nitrogens with one attached hydrogen (secondary N) is 1. The number of nitrogens with zero attached hydrogens (tertiary/aromatic N) is 2. The molecule has 4 rings (SSSR count). The second-order valence-corrected chi connectivity index (χ2v) is 14.4. The summed E-state index contributed by atoms with van der Waals surface area (Å²) in [5.41, 5.74) is 2.25. The molecular formula is C32H37Cl2N3O5S. The summed E-state index contributed by atoms with van der Waals surface area (Å²) >= 11 is 12.3. The van der Waals surface area contributed by atoms with Crippen molar-refractivity contribution >= 4 is 50.8 Å². The average Bonchev–Trinajstić information content (AvgIpc) is 2.90. The fourth-order valence-corrected chi connectivity index (χ4v) is 6.56. The third-order valence-electron chi connectivity index (χ3n) is 6.94. The van der Waals surface area contributed by atoms with Crippen LogP contribution in [-0.4, -0.2) is 62.7 Å². The molecule has 0 radical (unpaired) electrons. The van der Waals surface area contributed by atoms with Gasteiger partial charge in [0, 0.05) is 41.7 Å². The van der Waals surface area contributed by atoms with Gasteiger partial charge >= 0.3 is 5.97 Å². The summed E-state index contributed by atoms with van der Waals surface area (Å²) in [6, 6.07) is 21.4. The SMILES string of the molecule is CC(C)(C)OC(=O)CCCNC(=O)c1cccc(N(C2CN(C(c3ccc(Cl)cc3)c3ccc(Cl)cc3)C2)S(C)(=O)=O)c1. The second kappa shape index (κ2) is 13.7. The Hall–Kier alpha value is -3.11. The van der Waals surface area contributed by atoms with E-state index in [1.165, 1.54) is 10.6 Å². The highest BCUT2D eigenvalue weighted by molar-refractivity contribution is 7.92. The van der Waals surface area contributed by atoms with Crippen molar-refractivity contribution in [1.29, 1.82) is 0 Å².